The predicted octanol–water partition coefficient (Wildman–Crippen LogP) is 2.34. The van der Waals surface area contributed by atoms with Gasteiger partial charge in [0.1, 0.15) is 0 Å². The molecule has 0 spiro atoms. The molecule has 2 fully saturated rings. The average molecular weight is 250 g/mol. The molecule has 0 aromatic rings. The van der Waals surface area contributed by atoms with Crippen LogP contribution in [0, 0.1) is 17.8 Å². The molecule has 0 bridgehead atoms. The maximum atomic E-state index is 12.1. The molecule has 2 atom stereocenters. The fourth-order valence-corrected chi connectivity index (χ4v) is 3.34. The largest absolute Gasteiger partial charge is 0.340 e. The van der Waals surface area contributed by atoms with Crippen LogP contribution in [0.2, 0.25) is 0 Å². The van der Waals surface area contributed by atoms with E-state index in [2.05, 4.69) is 0 Å². The van der Waals surface area contributed by atoms with Gasteiger partial charge in [0.25, 0.3) is 0 Å². The minimum Gasteiger partial charge on any atom is -0.340 e. The van der Waals surface area contributed by atoms with E-state index in [1.807, 2.05) is 4.90 Å². The number of carbonyl (C=O) groups is 1. The number of alkyl halides is 2. The zero-order valence-electron chi connectivity index (χ0n) is 8.79. The Kier molecular flexibility index (Phi) is 3.78. The maximum absolute atomic E-state index is 12.1. The zero-order chi connectivity index (χ0) is 10.8. The van der Waals surface area contributed by atoms with E-state index < -0.39 is 0 Å². The van der Waals surface area contributed by atoms with Crippen LogP contribution in [-0.2, 0) is 4.79 Å². The number of nitrogens with zero attached hydrogens (tertiary/aromatic N) is 1. The molecule has 86 valence electrons. The number of hydrogen-bond donors (Lipinski definition) is 0. The van der Waals surface area contributed by atoms with Crippen molar-refractivity contribution in [2.45, 2.75) is 19.3 Å². The van der Waals surface area contributed by atoms with Gasteiger partial charge in [-0.05, 0) is 24.7 Å². The van der Waals surface area contributed by atoms with Gasteiger partial charge in [-0.25, -0.2) is 0 Å². The molecule has 0 N–H and O–H groups in total. The van der Waals surface area contributed by atoms with E-state index in [1.165, 1.54) is 19.3 Å². The van der Waals surface area contributed by atoms with Gasteiger partial charge in [-0.1, -0.05) is 6.42 Å². The molecular formula is C11H17Cl2NO. The molecule has 0 heterocycles. The Bertz CT molecular complexity index is 231. The van der Waals surface area contributed by atoms with Gasteiger partial charge < -0.3 is 4.90 Å². The Morgan fingerprint density at radius 2 is 1.67 bits per heavy atom. The Hall–Kier alpha value is 0.0500. The van der Waals surface area contributed by atoms with Crippen molar-refractivity contribution in [3.05, 3.63) is 0 Å². The summed E-state index contributed by atoms with van der Waals surface area (Å²) in [6, 6.07) is 0. The first-order chi connectivity index (χ1) is 7.29. The molecule has 0 radical (unpaired) electrons. The topological polar surface area (TPSA) is 20.3 Å². The standard InChI is InChI=1S/C11H17Cl2NO/c12-4-6-14(7-5-13)11(15)10-8-2-1-3-9(8)10/h8-10H,1-7H2. The van der Waals surface area contributed by atoms with Crippen LogP contribution in [-0.4, -0.2) is 35.7 Å². The summed E-state index contributed by atoms with van der Waals surface area (Å²) in [6.45, 7) is 1.28. The molecule has 4 heteroatoms. The summed E-state index contributed by atoms with van der Waals surface area (Å²) < 4.78 is 0. The first kappa shape index (κ1) is 11.5. The zero-order valence-corrected chi connectivity index (χ0v) is 10.3. The van der Waals surface area contributed by atoms with Crippen LogP contribution in [0.4, 0.5) is 0 Å². The van der Waals surface area contributed by atoms with Crippen LogP contribution in [0.1, 0.15) is 19.3 Å². The van der Waals surface area contributed by atoms with Gasteiger partial charge in [0.05, 0.1) is 0 Å². The molecule has 2 aliphatic carbocycles. The molecule has 2 unspecified atom stereocenters. The fourth-order valence-electron chi connectivity index (χ4n) is 2.93. The molecule has 0 aromatic carbocycles. The Morgan fingerprint density at radius 1 is 1.13 bits per heavy atom. The average Bonchev–Trinajstić information content (AvgIpc) is 2.70. The Labute approximate surface area is 101 Å². The summed E-state index contributed by atoms with van der Waals surface area (Å²) in [5.74, 6) is 2.99. The summed E-state index contributed by atoms with van der Waals surface area (Å²) in [6.07, 6.45) is 3.80. The van der Waals surface area contributed by atoms with Gasteiger partial charge >= 0.3 is 0 Å². The van der Waals surface area contributed by atoms with E-state index in [4.69, 9.17) is 23.2 Å². The third-order valence-corrected chi connectivity index (χ3v) is 4.05. The van der Waals surface area contributed by atoms with Gasteiger partial charge in [-0.2, -0.15) is 0 Å². The first-order valence-electron chi connectivity index (χ1n) is 5.70. The van der Waals surface area contributed by atoms with Crippen molar-refractivity contribution >= 4 is 29.1 Å². The van der Waals surface area contributed by atoms with Crippen molar-refractivity contribution < 1.29 is 4.79 Å². The Morgan fingerprint density at radius 3 is 2.13 bits per heavy atom. The smallest absolute Gasteiger partial charge is 0.226 e. The van der Waals surface area contributed by atoms with Crippen molar-refractivity contribution in [1.82, 2.24) is 4.90 Å². The van der Waals surface area contributed by atoms with Gasteiger partial charge in [0, 0.05) is 30.8 Å². The second-order valence-electron chi connectivity index (χ2n) is 4.49. The number of rotatable bonds is 5. The number of amides is 1. The number of carbonyl (C=O) groups excluding carboxylic acids is 1. The van der Waals surface area contributed by atoms with E-state index >= 15 is 0 Å². The maximum Gasteiger partial charge on any atom is 0.226 e. The van der Waals surface area contributed by atoms with Crippen molar-refractivity contribution in [3.8, 4) is 0 Å². The monoisotopic (exact) mass is 249 g/mol. The summed E-state index contributed by atoms with van der Waals surface area (Å²) in [5, 5.41) is 0. The molecule has 1 amide bonds. The van der Waals surface area contributed by atoms with Crippen molar-refractivity contribution in [2.24, 2.45) is 17.8 Å². The van der Waals surface area contributed by atoms with Gasteiger partial charge in [0.15, 0.2) is 0 Å². The quantitative estimate of drug-likeness (QED) is 0.686. The fraction of sp³-hybridized carbons (Fsp3) is 0.909. The lowest BCUT2D eigenvalue weighted by molar-refractivity contribution is -0.132. The van der Waals surface area contributed by atoms with Crippen LogP contribution >= 0.6 is 23.2 Å². The molecule has 2 saturated carbocycles. The molecule has 0 saturated heterocycles. The highest BCUT2D eigenvalue weighted by atomic mass is 35.5. The molecule has 0 aromatic heterocycles. The van der Waals surface area contributed by atoms with E-state index in [1.54, 1.807) is 0 Å². The van der Waals surface area contributed by atoms with E-state index in [9.17, 15) is 4.79 Å². The van der Waals surface area contributed by atoms with E-state index in [0.29, 0.717) is 48.5 Å². The normalized spacial score (nSPS) is 32.5. The molecule has 2 aliphatic rings. The van der Waals surface area contributed by atoms with E-state index in [-0.39, 0.29) is 0 Å². The summed E-state index contributed by atoms with van der Waals surface area (Å²) in [7, 11) is 0. The first-order valence-corrected chi connectivity index (χ1v) is 6.77. The second kappa shape index (κ2) is 4.92. The third kappa shape index (κ3) is 2.26. The van der Waals surface area contributed by atoms with Crippen LogP contribution in [0.15, 0.2) is 0 Å². The number of hydrogen-bond acceptors (Lipinski definition) is 1. The SMILES string of the molecule is O=C(C1C2CCCC21)N(CCCl)CCCl. The minimum absolute atomic E-state index is 0.297. The van der Waals surface area contributed by atoms with Gasteiger partial charge in [-0.15, -0.1) is 23.2 Å². The van der Waals surface area contributed by atoms with Gasteiger partial charge in [-0.3, -0.25) is 4.79 Å². The van der Waals surface area contributed by atoms with Crippen LogP contribution in [0.25, 0.3) is 0 Å². The second-order valence-corrected chi connectivity index (χ2v) is 5.24. The highest BCUT2D eigenvalue weighted by molar-refractivity contribution is 6.18. The molecule has 2 rings (SSSR count). The summed E-state index contributed by atoms with van der Waals surface area (Å²) in [4.78, 5) is 13.9. The summed E-state index contributed by atoms with van der Waals surface area (Å²) in [5.41, 5.74) is 0. The van der Waals surface area contributed by atoms with E-state index in [0.717, 1.165) is 0 Å². The lowest BCUT2D eigenvalue weighted by Crippen LogP contribution is -2.36. The van der Waals surface area contributed by atoms with Crippen molar-refractivity contribution in [1.29, 1.82) is 0 Å². The van der Waals surface area contributed by atoms with Crippen molar-refractivity contribution in [2.75, 3.05) is 24.8 Å². The lowest BCUT2D eigenvalue weighted by Gasteiger charge is -2.21. The Balaban J connectivity index is 1.88. The van der Waals surface area contributed by atoms with Crippen LogP contribution < -0.4 is 0 Å². The lowest BCUT2D eigenvalue weighted by atomic mass is 10.1. The highest BCUT2D eigenvalue weighted by Crippen LogP contribution is 2.58. The van der Waals surface area contributed by atoms with Crippen molar-refractivity contribution in [3.63, 3.8) is 0 Å². The van der Waals surface area contributed by atoms with Crippen LogP contribution in [0.5, 0.6) is 0 Å². The third-order valence-electron chi connectivity index (χ3n) is 3.71. The van der Waals surface area contributed by atoms with Crippen LogP contribution in [0.3, 0.4) is 0 Å². The number of fused-ring (bicyclic) bond motifs is 1. The molecule has 15 heavy (non-hydrogen) atoms. The molecular weight excluding hydrogens is 233 g/mol. The minimum atomic E-state index is 0.297. The molecule has 2 nitrogen and oxygen atoms in total. The highest BCUT2D eigenvalue weighted by Gasteiger charge is 2.57. The molecule has 0 aliphatic heterocycles. The van der Waals surface area contributed by atoms with Gasteiger partial charge in [0.2, 0.25) is 5.91 Å². The summed E-state index contributed by atoms with van der Waals surface area (Å²) >= 11 is 11.4. The predicted molar refractivity (Wildman–Crippen MR) is 62.3 cm³/mol. The number of halogens is 2.